The number of thioether (sulfide) groups is 1. The van der Waals surface area contributed by atoms with Crippen LogP contribution in [0.3, 0.4) is 0 Å². The lowest BCUT2D eigenvalue weighted by Gasteiger charge is -2.08. The highest BCUT2D eigenvalue weighted by Gasteiger charge is 2.34. The van der Waals surface area contributed by atoms with Crippen molar-refractivity contribution in [3.63, 3.8) is 0 Å². The van der Waals surface area contributed by atoms with Crippen LogP contribution in [-0.2, 0) is 11.3 Å². The van der Waals surface area contributed by atoms with E-state index in [1.54, 1.807) is 0 Å². The number of hydrogen-bond acceptors (Lipinski definition) is 3. The molecule has 0 radical (unpaired) electrons. The molecule has 24 heavy (non-hydrogen) atoms. The second-order valence-corrected chi connectivity index (χ2v) is 7.39. The van der Waals surface area contributed by atoms with Crippen LogP contribution in [0.1, 0.15) is 58.4 Å². The summed E-state index contributed by atoms with van der Waals surface area (Å²) in [5.41, 5.74) is 3.38. The molecule has 0 spiro atoms. The average Bonchev–Trinajstić information content (AvgIpc) is 3.25. The van der Waals surface area contributed by atoms with Gasteiger partial charge in [-0.3, -0.25) is 9.59 Å². The van der Waals surface area contributed by atoms with Crippen LogP contribution < -0.4 is 0 Å². The fraction of sp³-hybridized carbons (Fsp3) is 0.368. The first-order valence-corrected chi connectivity index (χ1v) is 9.47. The Labute approximate surface area is 144 Å². The number of carboxylic acid groups (broad SMARTS) is 1. The molecule has 124 valence electrons. The van der Waals surface area contributed by atoms with Crippen LogP contribution in [0, 0.1) is 0 Å². The van der Waals surface area contributed by atoms with E-state index in [2.05, 4.69) is 12.1 Å². The van der Waals surface area contributed by atoms with Gasteiger partial charge in [0.05, 0.1) is 5.92 Å². The van der Waals surface area contributed by atoms with Crippen LogP contribution in [0.5, 0.6) is 0 Å². The van der Waals surface area contributed by atoms with Gasteiger partial charge in [-0.15, -0.1) is 11.8 Å². The molecule has 1 aliphatic heterocycles. The van der Waals surface area contributed by atoms with E-state index in [-0.39, 0.29) is 5.78 Å². The topological polar surface area (TPSA) is 59.3 Å². The van der Waals surface area contributed by atoms with Gasteiger partial charge in [-0.1, -0.05) is 24.3 Å². The van der Waals surface area contributed by atoms with Crippen molar-refractivity contribution in [3.8, 4) is 0 Å². The van der Waals surface area contributed by atoms with E-state index >= 15 is 0 Å². The average molecular weight is 341 g/mol. The quantitative estimate of drug-likeness (QED) is 0.662. The predicted molar refractivity (Wildman–Crippen MR) is 93.1 cm³/mol. The number of aliphatic carboxylic acids is 1. The third-order valence-corrected chi connectivity index (χ3v) is 5.80. The zero-order chi connectivity index (χ0) is 16.8. The molecule has 1 atom stereocenters. The molecule has 2 heterocycles. The van der Waals surface area contributed by atoms with Crippen LogP contribution in [0.4, 0.5) is 0 Å². The SMILES string of the molecule is CSc1cc2n(c1C(=O)c1ccc(C3CC3)cc1)CCC2C(=O)O. The monoisotopic (exact) mass is 341 g/mol. The molecule has 1 unspecified atom stereocenters. The molecule has 1 N–H and O–H groups in total. The smallest absolute Gasteiger partial charge is 0.312 e. The summed E-state index contributed by atoms with van der Waals surface area (Å²) < 4.78 is 1.90. The molecular formula is C19H19NO3S. The van der Waals surface area contributed by atoms with E-state index in [9.17, 15) is 14.7 Å². The Balaban J connectivity index is 1.71. The number of hydrogen-bond donors (Lipinski definition) is 1. The van der Waals surface area contributed by atoms with Crippen molar-refractivity contribution in [2.24, 2.45) is 0 Å². The highest BCUT2D eigenvalue weighted by molar-refractivity contribution is 7.98. The van der Waals surface area contributed by atoms with Crippen LogP contribution in [0.15, 0.2) is 35.2 Å². The van der Waals surface area contributed by atoms with Crippen molar-refractivity contribution in [2.75, 3.05) is 6.26 Å². The molecule has 0 amide bonds. The summed E-state index contributed by atoms with van der Waals surface area (Å²) in [5.74, 6) is -0.662. The number of aromatic nitrogens is 1. The Hall–Kier alpha value is -2.01. The van der Waals surface area contributed by atoms with Crippen molar-refractivity contribution in [1.82, 2.24) is 4.57 Å². The number of benzene rings is 1. The van der Waals surface area contributed by atoms with Gasteiger partial charge in [0.1, 0.15) is 5.69 Å². The maximum absolute atomic E-state index is 13.0. The number of ketones is 1. The maximum Gasteiger partial charge on any atom is 0.312 e. The predicted octanol–water partition coefficient (Wildman–Crippen LogP) is 3.89. The zero-order valence-electron chi connectivity index (χ0n) is 13.5. The van der Waals surface area contributed by atoms with Gasteiger partial charge in [-0.2, -0.15) is 0 Å². The van der Waals surface area contributed by atoms with E-state index in [0.717, 1.165) is 10.6 Å². The molecule has 1 aliphatic carbocycles. The van der Waals surface area contributed by atoms with Crippen molar-refractivity contribution in [1.29, 1.82) is 0 Å². The molecule has 4 rings (SSSR count). The summed E-state index contributed by atoms with van der Waals surface area (Å²) in [6.07, 6.45) is 4.97. The number of carbonyl (C=O) groups excluding carboxylic acids is 1. The van der Waals surface area contributed by atoms with E-state index in [4.69, 9.17) is 0 Å². The molecule has 2 aromatic rings. The third kappa shape index (κ3) is 2.47. The van der Waals surface area contributed by atoms with Gasteiger partial charge < -0.3 is 9.67 Å². The fourth-order valence-electron chi connectivity index (χ4n) is 3.58. The second kappa shape index (κ2) is 5.81. The Morgan fingerprint density at radius 1 is 1.17 bits per heavy atom. The Bertz CT molecular complexity index is 818. The first-order valence-electron chi connectivity index (χ1n) is 8.25. The number of carbonyl (C=O) groups is 2. The number of rotatable bonds is 5. The number of fused-ring (bicyclic) bond motifs is 1. The molecule has 5 heteroatoms. The lowest BCUT2D eigenvalue weighted by molar-refractivity contribution is -0.138. The van der Waals surface area contributed by atoms with Crippen molar-refractivity contribution in [2.45, 2.75) is 42.5 Å². The van der Waals surface area contributed by atoms with Gasteiger partial charge in [0.15, 0.2) is 0 Å². The van der Waals surface area contributed by atoms with Crippen molar-refractivity contribution >= 4 is 23.5 Å². The van der Waals surface area contributed by atoms with Gasteiger partial charge in [0.25, 0.3) is 0 Å². The molecule has 2 aliphatic rings. The highest BCUT2D eigenvalue weighted by atomic mass is 32.2. The van der Waals surface area contributed by atoms with Crippen molar-refractivity contribution < 1.29 is 14.7 Å². The van der Waals surface area contributed by atoms with Gasteiger partial charge in [0.2, 0.25) is 5.78 Å². The molecule has 0 bridgehead atoms. The first-order chi connectivity index (χ1) is 11.6. The molecule has 1 saturated carbocycles. The van der Waals surface area contributed by atoms with Crippen LogP contribution in [0.2, 0.25) is 0 Å². The van der Waals surface area contributed by atoms with Crippen LogP contribution in [-0.4, -0.2) is 27.7 Å². The minimum Gasteiger partial charge on any atom is -0.481 e. The van der Waals surface area contributed by atoms with Crippen molar-refractivity contribution in [3.05, 3.63) is 52.8 Å². The van der Waals surface area contributed by atoms with Gasteiger partial charge in [-0.25, -0.2) is 0 Å². The molecule has 1 fully saturated rings. The van der Waals surface area contributed by atoms with E-state index in [1.807, 2.05) is 29.0 Å². The summed E-state index contributed by atoms with van der Waals surface area (Å²) in [4.78, 5) is 25.3. The minimum absolute atomic E-state index is 0.0148. The Morgan fingerprint density at radius 2 is 1.88 bits per heavy atom. The normalized spacial score (nSPS) is 19.3. The number of carboxylic acids is 1. The highest BCUT2D eigenvalue weighted by Crippen LogP contribution is 2.40. The standard InChI is InChI=1S/C19H19NO3S/c1-24-16-10-15-14(19(22)23)8-9-20(15)17(16)18(21)13-6-4-12(5-7-13)11-2-3-11/h4-7,10-11,14H,2-3,8-9H2,1H3,(H,22,23). The third-order valence-electron chi connectivity index (χ3n) is 5.05. The lowest BCUT2D eigenvalue weighted by atomic mass is 10.0. The van der Waals surface area contributed by atoms with E-state index < -0.39 is 11.9 Å². The molecule has 1 aromatic heterocycles. The van der Waals surface area contributed by atoms with E-state index in [1.165, 1.54) is 30.2 Å². The van der Waals surface area contributed by atoms with E-state index in [0.29, 0.717) is 30.1 Å². The minimum atomic E-state index is -0.813. The lowest BCUT2D eigenvalue weighted by Crippen LogP contribution is -2.10. The number of nitrogens with zero attached hydrogens (tertiary/aromatic N) is 1. The zero-order valence-corrected chi connectivity index (χ0v) is 14.3. The molecular weight excluding hydrogens is 322 g/mol. The molecule has 0 saturated heterocycles. The van der Waals surface area contributed by atoms with Gasteiger partial charge in [-0.05, 0) is 43.1 Å². The Morgan fingerprint density at radius 3 is 2.46 bits per heavy atom. The summed E-state index contributed by atoms with van der Waals surface area (Å²) in [5, 5.41) is 9.37. The molecule has 1 aromatic carbocycles. The van der Waals surface area contributed by atoms with Crippen LogP contribution >= 0.6 is 11.8 Å². The summed E-state index contributed by atoms with van der Waals surface area (Å²) in [6.45, 7) is 0.591. The van der Waals surface area contributed by atoms with Gasteiger partial charge >= 0.3 is 5.97 Å². The second-order valence-electron chi connectivity index (χ2n) is 6.54. The Kier molecular flexibility index (Phi) is 3.76. The fourth-order valence-corrected chi connectivity index (χ4v) is 4.21. The largest absolute Gasteiger partial charge is 0.481 e. The summed E-state index contributed by atoms with van der Waals surface area (Å²) in [7, 11) is 0. The summed E-state index contributed by atoms with van der Waals surface area (Å²) >= 11 is 1.50. The van der Waals surface area contributed by atoms with Crippen LogP contribution in [0.25, 0.3) is 0 Å². The summed E-state index contributed by atoms with van der Waals surface area (Å²) in [6, 6.07) is 9.80. The first kappa shape index (κ1) is 15.5. The van der Waals surface area contributed by atoms with Gasteiger partial charge in [0, 0.05) is 22.7 Å². The molecule has 4 nitrogen and oxygen atoms in total. The maximum atomic E-state index is 13.0.